The Morgan fingerprint density at radius 2 is 2.00 bits per heavy atom. The lowest BCUT2D eigenvalue weighted by atomic mass is 10.0. The molecule has 0 saturated carbocycles. The summed E-state index contributed by atoms with van der Waals surface area (Å²) in [5.41, 5.74) is 0.300. The van der Waals surface area contributed by atoms with Crippen LogP contribution in [0.3, 0.4) is 0 Å². The van der Waals surface area contributed by atoms with Crippen molar-refractivity contribution in [2.75, 3.05) is 32.8 Å². The van der Waals surface area contributed by atoms with Crippen LogP contribution in [0.5, 0.6) is 0 Å². The summed E-state index contributed by atoms with van der Waals surface area (Å²) in [4.78, 5) is 14.3. The number of hydrogen-bond acceptors (Lipinski definition) is 3. The minimum absolute atomic E-state index is 0.0753. The molecule has 0 aliphatic carbocycles. The number of nitrogens with one attached hydrogen (secondary N) is 1. The van der Waals surface area contributed by atoms with Crippen LogP contribution in [0.25, 0.3) is 0 Å². The van der Waals surface area contributed by atoms with Crippen molar-refractivity contribution in [3.05, 3.63) is 35.6 Å². The lowest BCUT2D eigenvalue weighted by molar-refractivity contribution is -0.121. The molecule has 0 atom stereocenters. The largest absolute Gasteiger partial charge is 0.379 e. The number of carbonyl (C=O) groups is 1. The lowest BCUT2D eigenvalue weighted by Crippen LogP contribution is -2.55. The summed E-state index contributed by atoms with van der Waals surface area (Å²) in [6.45, 7) is 7.94. The van der Waals surface area contributed by atoms with E-state index in [-0.39, 0.29) is 23.7 Å². The minimum atomic E-state index is -0.333. The fraction of sp³-hybridized carbons (Fsp3) is 0.562. The molecule has 1 N–H and O–H groups in total. The average Bonchev–Trinajstić information content (AvgIpc) is 2.49. The maximum absolute atomic E-state index is 13.5. The van der Waals surface area contributed by atoms with Gasteiger partial charge in [-0.3, -0.25) is 9.69 Å². The molecule has 1 aromatic carbocycles. The van der Waals surface area contributed by atoms with E-state index in [1.165, 1.54) is 6.07 Å². The van der Waals surface area contributed by atoms with Gasteiger partial charge in [-0.15, -0.1) is 0 Å². The molecule has 1 heterocycles. The molecular formula is C16H23FN2O2. The molecular weight excluding hydrogens is 271 g/mol. The number of rotatable bonds is 5. The molecule has 0 bridgehead atoms. The van der Waals surface area contributed by atoms with Gasteiger partial charge in [0.2, 0.25) is 5.91 Å². The van der Waals surface area contributed by atoms with Crippen molar-refractivity contribution in [1.29, 1.82) is 0 Å². The Bertz CT molecular complexity index is 485. The van der Waals surface area contributed by atoms with Gasteiger partial charge in [0.1, 0.15) is 5.82 Å². The van der Waals surface area contributed by atoms with Crippen molar-refractivity contribution in [3.63, 3.8) is 0 Å². The minimum Gasteiger partial charge on any atom is -0.379 e. The van der Waals surface area contributed by atoms with Gasteiger partial charge in [0.25, 0.3) is 0 Å². The number of morpholine rings is 1. The standard InChI is InChI=1S/C16H23FN2O2/c1-16(2,19-7-9-21-10-8-19)12-18-15(20)11-13-5-3-4-6-14(13)17/h3-6H,7-12H2,1-2H3,(H,18,20). The monoisotopic (exact) mass is 294 g/mol. The fourth-order valence-electron chi connectivity index (χ4n) is 2.47. The van der Waals surface area contributed by atoms with E-state index in [0.29, 0.717) is 12.1 Å². The maximum atomic E-state index is 13.5. The molecule has 0 radical (unpaired) electrons. The van der Waals surface area contributed by atoms with E-state index >= 15 is 0 Å². The van der Waals surface area contributed by atoms with Crippen LogP contribution >= 0.6 is 0 Å². The van der Waals surface area contributed by atoms with Crippen molar-refractivity contribution in [2.45, 2.75) is 25.8 Å². The summed E-state index contributed by atoms with van der Waals surface area (Å²) in [5, 5.41) is 2.91. The van der Waals surface area contributed by atoms with E-state index in [1.807, 2.05) is 0 Å². The van der Waals surface area contributed by atoms with E-state index in [4.69, 9.17) is 4.74 Å². The predicted octanol–water partition coefficient (Wildman–Crippen LogP) is 1.60. The van der Waals surface area contributed by atoms with Gasteiger partial charge < -0.3 is 10.1 Å². The average molecular weight is 294 g/mol. The van der Waals surface area contributed by atoms with Crippen LogP contribution in [-0.4, -0.2) is 49.2 Å². The van der Waals surface area contributed by atoms with Gasteiger partial charge in [0.15, 0.2) is 0 Å². The SMILES string of the molecule is CC(C)(CNC(=O)Cc1ccccc1F)N1CCOCC1. The number of carbonyl (C=O) groups excluding carboxylic acids is 1. The zero-order valence-corrected chi connectivity index (χ0v) is 12.7. The van der Waals surface area contributed by atoms with Crippen molar-refractivity contribution < 1.29 is 13.9 Å². The third-order valence-electron chi connectivity index (χ3n) is 3.89. The predicted molar refractivity (Wildman–Crippen MR) is 79.6 cm³/mol. The summed E-state index contributed by atoms with van der Waals surface area (Å²) in [6.07, 6.45) is 0.0753. The highest BCUT2D eigenvalue weighted by Crippen LogP contribution is 2.15. The molecule has 1 aliphatic heterocycles. The van der Waals surface area contributed by atoms with Crippen LogP contribution in [0.4, 0.5) is 4.39 Å². The van der Waals surface area contributed by atoms with Gasteiger partial charge in [-0.1, -0.05) is 18.2 Å². The molecule has 0 spiro atoms. The summed E-state index contributed by atoms with van der Waals surface area (Å²) < 4.78 is 18.9. The van der Waals surface area contributed by atoms with Gasteiger partial charge in [-0.2, -0.15) is 0 Å². The first kappa shape index (κ1) is 15.9. The topological polar surface area (TPSA) is 41.6 Å². The molecule has 0 unspecified atom stereocenters. The van der Waals surface area contributed by atoms with Crippen LogP contribution in [0.1, 0.15) is 19.4 Å². The van der Waals surface area contributed by atoms with Gasteiger partial charge >= 0.3 is 0 Å². The Labute approximate surface area is 125 Å². The summed E-state index contributed by atoms with van der Waals surface area (Å²) in [7, 11) is 0. The van der Waals surface area contributed by atoms with Crippen molar-refractivity contribution in [3.8, 4) is 0 Å². The second-order valence-electron chi connectivity index (χ2n) is 5.96. The van der Waals surface area contributed by atoms with Crippen molar-refractivity contribution >= 4 is 5.91 Å². The molecule has 1 aromatic rings. The first-order valence-electron chi connectivity index (χ1n) is 7.32. The quantitative estimate of drug-likeness (QED) is 0.897. The van der Waals surface area contributed by atoms with Crippen LogP contribution in [0.2, 0.25) is 0 Å². The summed E-state index contributed by atoms with van der Waals surface area (Å²) in [5.74, 6) is -0.485. The normalized spacial score (nSPS) is 16.7. The van der Waals surface area contributed by atoms with E-state index in [9.17, 15) is 9.18 Å². The van der Waals surface area contributed by atoms with Crippen molar-refractivity contribution in [2.24, 2.45) is 0 Å². The smallest absolute Gasteiger partial charge is 0.224 e. The zero-order chi connectivity index (χ0) is 15.3. The Balaban J connectivity index is 1.84. The van der Waals surface area contributed by atoms with Gasteiger partial charge in [0, 0.05) is 25.2 Å². The highest BCUT2D eigenvalue weighted by atomic mass is 19.1. The third-order valence-corrected chi connectivity index (χ3v) is 3.89. The van der Waals surface area contributed by atoms with Crippen LogP contribution in [0.15, 0.2) is 24.3 Å². The Kier molecular flexibility index (Phi) is 5.31. The van der Waals surface area contributed by atoms with Gasteiger partial charge in [-0.25, -0.2) is 4.39 Å². The second-order valence-corrected chi connectivity index (χ2v) is 5.96. The summed E-state index contributed by atoms with van der Waals surface area (Å²) >= 11 is 0. The van der Waals surface area contributed by atoms with Crippen LogP contribution in [0, 0.1) is 5.82 Å². The van der Waals surface area contributed by atoms with E-state index in [0.717, 1.165) is 26.3 Å². The highest BCUT2D eigenvalue weighted by Gasteiger charge is 2.28. The molecule has 4 nitrogen and oxygen atoms in total. The Morgan fingerprint density at radius 3 is 2.67 bits per heavy atom. The van der Waals surface area contributed by atoms with Gasteiger partial charge in [0.05, 0.1) is 19.6 Å². The van der Waals surface area contributed by atoms with Crippen LogP contribution < -0.4 is 5.32 Å². The number of benzene rings is 1. The van der Waals surface area contributed by atoms with Gasteiger partial charge in [-0.05, 0) is 25.5 Å². The fourth-order valence-corrected chi connectivity index (χ4v) is 2.47. The Morgan fingerprint density at radius 1 is 1.33 bits per heavy atom. The molecule has 0 aromatic heterocycles. The number of hydrogen-bond donors (Lipinski definition) is 1. The lowest BCUT2D eigenvalue weighted by Gasteiger charge is -2.40. The molecule has 1 saturated heterocycles. The van der Waals surface area contributed by atoms with E-state index < -0.39 is 0 Å². The number of nitrogens with zero attached hydrogens (tertiary/aromatic N) is 1. The summed E-state index contributed by atoms with van der Waals surface area (Å²) in [6, 6.07) is 6.38. The molecule has 1 aliphatic rings. The first-order chi connectivity index (χ1) is 9.99. The zero-order valence-electron chi connectivity index (χ0n) is 12.7. The third kappa shape index (κ3) is 4.51. The number of ether oxygens (including phenoxy) is 1. The Hall–Kier alpha value is -1.46. The van der Waals surface area contributed by atoms with E-state index in [2.05, 4.69) is 24.1 Å². The molecule has 1 fully saturated rings. The van der Waals surface area contributed by atoms with Crippen molar-refractivity contribution in [1.82, 2.24) is 10.2 Å². The highest BCUT2D eigenvalue weighted by molar-refractivity contribution is 5.78. The number of halogens is 1. The molecule has 116 valence electrons. The molecule has 5 heteroatoms. The maximum Gasteiger partial charge on any atom is 0.224 e. The molecule has 1 amide bonds. The first-order valence-corrected chi connectivity index (χ1v) is 7.32. The molecule has 2 rings (SSSR count). The van der Waals surface area contributed by atoms with E-state index in [1.54, 1.807) is 18.2 Å². The molecule has 21 heavy (non-hydrogen) atoms. The van der Waals surface area contributed by atoms with Crippen LogP contribution in [-0.2, 0) is 16.0 Å². The number of amides is 1. The second kappa shape index (κ2) is 7.00.